The number of aliphatic hydroxyl groups is 3. The van der Waals surface area contributed by atoms with E-state index < -0.39 is 0 Å². The fourth-order valence-electron chi connectivity index (χ4n) is 1.58. The monoisotopic (exact) mass is 205 g/mol. The highest BCUT2D eigenvalue weighted by atomic mass is 16.6. The van der Waals surface area contributed by atoms with Gasteiger partial charge in [-0.3, -0.25) is 4.90 Å². The Morgan fingerprint density at radius 3 is 2.14 bits per heavy atom. The molecule has 0 aliphatic carbocycles. The van der Waals surface area contributed by atoms with Crippen molar-refractivity contribution in [2.24, 2.45) is 0 Å². The molecule has 0 radical (unpaired) electrons. The van der Waals surface area contributed by atoms with Crippen molar-refractivity contribution in [1.82, 2.24) is 4.90 Å². The SMILES string of the molecule is OCCN(CCO)C(CO)CC1CO1. The molecule has 2 unspecified atom stereocenters. The van der Waals surface area contributed by atoms with Crippen LogP contribution in [0.4, 0.5) is 0 Å². The Morgan fingerprint density at radius 1 is 1.21 bits per heavy atom. The number of ether oxygens (including phenoxy) is 1. The highest BCUT2D eigenvalue weighted by Gasteiger charge is 2.29. The summed E-state index contributed by atoms with van der Waals surface area (Å²) in [5.74, 6) is 0. The van der Waals surface area contributed by atoms with Crippen LogP contribution in [0.5, 0.6) is 0 Å². The van der Waals surface area contributed by atoms with Gasteiger partial charge in [0.05, 0.1) is 32.5 Å². The Labute approximate surface area is 83.9 Å². The van der Waals surface area contributed by atoms with Crippen molar-refractivity contribution < 1.29 is 20.1 Å². The van der Waals surface area contributed by atoms with Crippen LogP contribution in [0, 0.1) is 0 Å². The third-order valence-corrected chi connectivity index (χ3v) is 2.44. The molecule has 1 saturated heterocycles. The van der Waals surface area contributed by atoms with E-state index in [4.69, 9.17) is 20.1 Å². The fourth-order valence-corrected chi connectivity index (χ4v) is 1.58. The first kappa shape index (κ1) is 11.9. The van der Waals surface area contributed by atoms with Gasteiger partial charge in [-0.05, 0) is 6.42 Å². The second-order valence-corrected chi connectivity index (χ2v) is 3.51. The molecule has 0 amide bonds. The average molecular weight is 205 g/mol. The maximum absolute atomic E-state index is 9.17. The predicted octanol–water partition coefficient (Wildman–Crippen LogP) is -1.58. The smallest absolute Gasteiger partial charge is 0.0825 e. The van der Waals surface area contributed by atoms with E-state index in [1.54, 1.807) is 0 Å². The number of aliphatic hydroxyl groups excluding tert-OH is 3. The van der Waals surface area contributed by atoms with Crippen molar-refractivity contribution in [2.75, 3.05) is 39.5 Å². The normalized spacial score (nSPS) is 22.7. The molecular weight excluding hydrogens is 186 g/mol. The molecule has 1 aliphatic rings. The van der Waals surface area contributed by atoms with Crippen LogP contribution in [0.2, 0.25) is 0 Å². The maximum atomic E-state index is 9.17. The standard InChI is InChI=1S/C9H19NO4/c11-3-1-10(2-4-12)8(6-13)5-9-7-14-9/h8-9,11-13H,1-7H2. The number of hydrogen-bond acceptors (Lipinski definition) is 5. The van der Waals surface area contributed by atoms with Crippen LogP contribution in [0.25, 0.3) is 0 Å². The molecule has 0 aromatic rings. The third kappa shape index (κ3) is 3.89. The largest absolute Gasteiger partial charge is 0.395 e. The summed E-state index contributed by atoms with van der Waals surface area (Å²) in [5, 5.41) is 26.8. The lowest BCUT2D eigenvalue weighted by molar-refractivity contribution is 0.0751. The van der Waals surface area contributed by atoms with Crippen molar-refractivity contribution in [3.63, 3.8) is 0 Å². The molecular formula is C9H19NO4. The van der Waals surface area contributed by atoms with Gasteiger partial charge in [-0.25, -0.2) is 0 Å². The quantitative estimate of drug-likeness (QED) is 0.417. The summed E-state index contributed by atoms with van der Waals surface area (Å²) >= 11 is 0. The van der Waals surface area contributed by atoms with E-state index in [2.05, 4.69) is 0 Å². The van der Waals surface area contributed by atoms with Gasteiger partial charge in [0.1, 0.15) is 0 Å². The highest BCUT2D eigenvalue weighted by molar-refractivity contribution is 4.80. The second kappa shape index (κ2) is 6.31. The van der Waals surface area contributed by atoms with Crippen LogP contribution in [-0.4, -0.2) is 71.9 Å². The molecule has 84 valence electrons. The zero-order valence-corrected chi connectivity index (χ0v) is 8.30. The van der Waals surface area contributed by atoms with Gasteiger partial charge in [0.25, 0.3) is 0 Å². The summed E-state index contributed by atoms with van der Waals surface area (Å²) in [4.78, 5) is 1.89. The van der Waals surface area contributed by atoms with Crippen LogP contribution in [0.15, 0.2) is 0 Å². The molecule has 1 rings (SSSR count). The van der Waals surface area contributed by atoms with Crippen LogP contribution in [0.3, 0.4) is 0 Å². The van der Waals surface area contributed by atoms with Crippen molar-refractivity contribution in [1.29, 1.82) is 0 Å². The Bertz CT molecular complexity index is 146. The summed E-state index contributed by atoms with van der Waals surface area (Å²) in [5.41, 5.74) is 0. The molecule has 0 spiro atoms. The molecule has 3 N–H and O–H groups in total. The molecule has 14 heavy (non-hydrogen) atoms. The van der Waals surface area contributed by atoms with Gasteiger partial charge >= 0.3 is 0 Å². The molecule has 5 nitrogen and oxygen atoms in total. The van der Waals surface area contributed by atoms with Gasteiger partial charge < -0.3 is 20.1 Å². The highest BCUT2D eigenvalue weighted by Crippen LogP contribution is 2.18. The predicted molar refractivity (Wildman–Crippen MR) is 51.0 cm³/mol. The van der Waals surface area contributed by atoms with E-state index in [1.165, 1.54) is 0 Å². The number of rotatable bonds is 8. The Hall–Kier alpha value is -0.200. The van der Waals surface area contributed by atoms with E-state index in [0.717, 1.165) is 13.0 Å². The zero-order valence-electron chi connectivity index (χ0n) is 8.30. The minimum atomic E-state index is -0.0122. The molecule has 1 fully saturated rings. The van der Waals surface area contributed by atoms with Gasteiger partial charge in [0.2, 0.25) is 0 Å². The van der Waals surface area contributed by atoms with E-state index in [9.17, 15) is 0 Å². The van der Waals surface area contributed by atoms with E-state index in [1.807, 2.05) is 4.90 Å². The van der Waals surface area contributed by atoms with Gasteiger partial charge in [0.15, 0.2) is 0 Å². The Morgan fingerprint density at radius 2 is 1.79 bits per heavy atom. The summed E-state index contributed by atoms with van der Waals surface area (Å²) < 4.78 is 5.08. The fraction of sp³-hybridized carbons (Fsp3) is 1.00. The molecule has 1 aliphatic heterocycles. The van der Waals surface area contributed by atoms with Gasteiger partial charge in [0, 0.05) is 19.1 Å². The molecule has 1 heterocycles. The van der Waals surface area contributed by atoms with Crippen molar-refractivity contribution in [3.8, 4) is 0 Å². The lowest BCUT2D eigenvalue weighted by Crippen LogP contribution is -2.42. The summed E-state index contributed by atoms with van der Waals surface area (Å²) in [6.45, 7) is 1.86. The van der Waals surface area contributed by atoms with Crippen LogP contribution in [-0.2, 0) is 4.74 Å². The average Bonchev–Trinajstić information content (AvgIpc) is 2.98. The van der Waals surface area contributed by atoms with Crippen molar-refractivity contribution in [2.45, 2.75) is 18.6 Å². The zero-order chi connectivity index (χ0) is 10.4. The molecule has 5 heteroatoms. The second-order valence-electron chi connectivity index (χ2n) is 3.51. The van der Waals surface area contributed by atoms with E-state index in [0.29, 0.717) is 13.1 Å². The van der Waals surface area contributed by atoms with E-state index >= 15 is 0 Å². The third-order valence-electron chi connectivity index (χ3n) is 2.44. The van der Waals surface area contributed by atoms with Crippen molar-refractivity contribution >= 4 is 0 Å². The Kier molecular flexibility index (Phi) is 5.36. The van der Waals surface area contributed by atoms with Crippen LogP contribution < -0.4 is 0 Å². The topological polar surface area (TPSA) is 76.5 Å². The molecule has 0 saturated carbocycles. The first-order chi connectivity index (χ1) is 6.81. The Balaban J connectivity index is 2.33. The van der Waals surface area contributed by atoms with Gasteiger partial charge in [-0.2, -0.15) is 0 Å². The minimum Gasteiger partial charge on any atom is -0.395 e. The van der Waals surface area contributed by atoms with Crippen LogP contribution >= 0.6 is 0 Å². The number of hydrogen-bond donors (Lipinski definition) is 3. The lowest BCUT2D eigenvalue weighted by Gasteiger charge is -2.28. The van der Waals surface area contributed by atoms with Crippen molar-refractivity contribution in [3.05, 3.63) is 0 Å². The summed E-state index contributed by atoms with van der Waals surface area (Å²) in [6, 6.07) is -0.0122. The summed E-state index contributed by atoms with van der Waals surface area (Å²) in [7, 11) is 0. The first-order valence-electron chi connectivity index (χ1n) is 5.00. The molecule has 0 bridgehead atoms. The summed E-state index contributed by atoms with van der Waals surface area (Å²) in [6.07, 6.45) is 1.03. The van der Waals surface area contributed by atoms with E-state index in [-0.39, 0.29) is 32.0 Å². The minimum absolute atomic E-state index is 0.0122. The number of epoxide rings is 1. The molecule has 0 aromatic heterocycles. The first-order valence-corrected chi connectivity index (χ1v) is 5.00. The molecule has 0 aromatic carbocycles. The van der Waals surface area contributed by atoms with Gasteiger partial charge in [-0.15, -0.1) is 0 Å². The number of nitrogens with zero attached hydrogens (tertiary/aromatic N) is 1. The van der Waals surface area contributed by atoms with Crippen LogP contribution in [0.1, 0.15) is 6.42 Å². The lowest BCUT2D eigenvalue weighted by atomic mass is 10.1. The van der Waals surface area contributed by atoms with Gasteiger partial charge in [-0.1, -0.05) is 0 Å². The maximum Gasteiger partial charge on any atom is 0.0825 e. The molecule has 2 atom stereocenters.